The summed E-state index contributed by atoms with van der Waals surface area (Å²) in [4.78, 5) is 0. The van der Waals surface area contributed by atoms with Gasteiger partial charge in [0.1, 0.15) is 0 Å². The van der Waals surface area contributed by atoms with Crippen molar-refractivity contribution in [3.63, 3.8) is 0 Å². The first-order chi connectivity index (χ1) is 4.86. The zero-order chi connectivity index (χ0) is 6.97. The Morgan fingerprint density at radius 1 is 1.10 bits per heavy atom. The lowest BCUT2D eigenvalue weighted by atomic mass is 10.0. The van der Waals surface area contributed by atoms with Gasteiger partial charge >= 0.3 is 0 Å². The first kappa shape index (κ1) is 6.93. The predicted molar refractivity (Wildman–Crippen MR) is 41.4 cm³/mol. The van der Waals surface area contributed by atoms with Crippen molar-refractivity contribution in [2.45, 2.75) is 49.7 Å². The third kappa shape index (κ3) is 1.46. The van der Waals surface area contributed by atoms with Crippen LogP contribution in [0, 0.1) is 0 Å². The molecule has 1 aliphatic heterocycles. The largest absolute Gasteiger partial charge is 0.370 e. The van der Waals surface area contributed by atoms with E-state index in [0.29, 0.717) is 17.6 Å². The second-order valence-electron chi connectivity index (χ2n) is 3.33. The molecule has 0 radical (unpaired) electrons. The third-order valence-electron chi connectivity index (χ3n) is 2.43. The molecule has 1 saturated carbocycles. The fourth-order valence-electron chi connectivity index (χ4n) is 1.72. The molecule has 0 spiro atoms. The number of epoxide rings is 1. The van der Waals surface area contributed by atoms with Crippen molar-refractivity contribution in [1.29, 1.82) is 0 Å². The Hall–Kier alpha value is 0.250. The summed E-state index contributed by atoms with van der Waals surface area (Å²) in [6.45, 7) is 0. The maximum Gasteiger partial charge on any atom is 0.0856 e. The van der Waals surface area contributed by atoms with Gasteiger partial charge in [-0.25, -0.2) is 0 Å². The third-order valence-corrected chi connectivity index (χ3v) is 2.83. The number of ether oxygens (including phenoxy) is 1. The summed E-state index contributed by atoms with van der Waals surface area (Å²) in [5.74, 6) is 0. The molecule has 1 nitrogen and oxygen atoms in total. The minimum absolute atomic E-state index is 0.385. The first-order valence-corrected chi connectivity index (χ1v) is 4.59. The van der Waals surface area contributed by atoms with Crippen LogP contribution < -0.4 is 0 Å². The van der Waals surface area contributed by atoms with Crippen LogP contribution in [-0.4, -0.2) is 17.6 Å². The second kappa shape index (κ2) is 2.71. The number of rotatable bonds is 0. The Morgan fingerprint density at radius 2 is 1.90 bits per heavy atom. The van der Waals surface area contributed by atoms with E-state index in [1.807, 2.05) is 0 Å². The van der Waals surface area contributed by atoms with Gasteiger partial charge in [0.05, 0.1) is 12.2 Å². The van der Waals surface area contributed by atoms with Crippen LogP contribution in [0.3, 0.4) is 0 Å². The van der Waals surface area contributed by atoms with E-state index in [0.717, 1.165) is 6.42 Å². The zero-order valence-corrected chi connectivity index (χ0v) is 6.81. The smallest absolute Gasteiger partial charge is 0.0856 e. The minimum atomic E-state index is 0.385. The van der Waals surface area contributed by atoms with Crippen molar-refractivity contribution >= 4 is 11.6 Å². The zero-order valence-electron chi connectivity index (χ0n) is 6.05. The molecule has 2 heteroatoms. The number of hydrogen-bond acceptors (Lipinski definition) is 1. The molecule has 0 aromatic heterocycles. The first-order valence-electron chi connectivity index (χ1n) is 4.16. The lowest BCUT2D eigenvalue weighted by Gasteiger charge is -2.09. The molecule has 0 N–H and O–H groups in total. The molecule has 0 amide bonds. The van der Waals surface area contributed by atoms with Crippen LogP contribution in [0.1, 0.15) is 32.1 Å². The number of alkyl halides is 1. The summed E-state index contributed by atoms with van der Waals surface area (Å²) < 4.78 is 5.42. The maximum absolute atomic E-state index is 6.04. The molecule has 1 heterocycles. The minimum Gasteiger partial charge on any atom is -0.370 e. The summed E-state index contributed by atoms with van der Waals surface area (Å²) >= 11 is 6.04. The van der Waals surface area contributed by atoms with Crippen LogP contribution in [0.15, 0.2) is 0 Å². The second-order valence-corrected chi connectivity index (χ2v) is 3.95. The van der Waals surface area contributed by atoms with E-state index in [-0.39, 0.29) is 0 Å². The lowest BCUT2D eigenvalue weighted by molar-refractivity contribution is 0.358. The summed E-state index contributed by atoms with van der Waals surface area (Å²) in [5, 5.41) is 0.385. The molecule has 3 unspecified atom stereocenters. The van der Waals surface area contributed by atoms with Gasteiger partial charge in [-0.05, 0) is 19.3 Å². The molecule has 0 bridgehead atoms. The van der Waals surface area contributed by atoms with Gasteiger partial charge < -0.3 is 4.74 Å². The molecule has 3 atom stereocenters. The Labute approximate surface area is 66.7 Å². The van der Waals surface area contributed by atoms with Gasteiger partial charge in [0.2, 0.25) is 0 Å². The summed E-state index contributed by atoms with van der Waals surface area (Å²) in [6.07, 6.45) is 7.27. The van der Waals surface area contributed by atoms with Crippen LogP contribution in [0.4, 0.5) is 0 Å². The van der Waals surface area contributed by atoms with Gasteiger partial charge in [-0.2, -0.15) is 0 Å². The quantitative estimate of drug-likeness (QED) is 0.392. The van der Waals surface area contributed by atoms with Gasteiger partial charge in [-0.15, -0.1) is 11.6 Å². The molecule has 10 heavy (non-hydrogen) atoms. The summed E-state index contributed by atoms with van der Waals surface area (Å²) in [5.41, 5.74) is 0. The van der Waals surface area contributed by atoms with E-state index in [1.165, 1.54) is 25.7 Å². The average molecular weight is 161 g/mol. The van der Waals surface area contributed by atoms with Gasteiger partial charge in [0, 0.05) is 5.38 Å². The molecule has 2 rings (SSSR count). The average Bonchev–Trinajstić information content (AvgIpc) is 2.54. The molecule has 0 aromatic carbocycles. The molecule has 2 aliphatic rings. The molecule has 1 aliphatic carbocycles. The summed E-state index contributed by atoms with van der Waals surface area (Å²) in [7, 11) is 0. The van der Waals surface area contributed by atoms with Crippen molar-refractivity contribution < 1.29 is 4.74 Å². The molecule has 0 aromatic rings. The molecule has 1 saturated heterocycles. The van der Waals surface area contributed by atoms with E-state index < -0.39 is 0 Å². The number of fused-ring (bicyclic) bond motifs is 1. The Kier molecular flexibility index (Phi) is 1.88. The van der Waals surface area contributed by atoms with E-state index in [2.05, 4.69) is 0 Å². The number of hydrogen-bond donors (Lipinski definition) is 0. The fourth-order valence-corrected chi connectivity index (χ4v) is 2.05. The van der Waals surface area contributed by atoms with Crippen molar-refractivity contribution in [3.8, 4) is 0 Å². The van der Waals surface area contributed by atoms with Crippen LogP contribution in [0.25, 0.3) is 0 Å². The highest BCUT2D eigenvalue weighted by atomic mass is 35.5. The van der Waals surface area contributed by atoms with Gasteiger partial charge in [0.15, 0.2) is 0 Å². The highest BCUT2D eigenvalue weighted by molar-refractivity contribution is 6.20. The van der Waals surface area contributed by atoms with Crippen molar-refractivity contribution in [1.82, 2.24) is 0 Å². The standard InChI is InChI=1S/C8H13ClO/c9-6-3-1-2-4-7-8(5-6)10-7/h6-8H,1-5H2. The molecular formula is C8H13ClO. The van der Waals surface area contributed by atoms with E-state index >= 15 is 0 Å². The number of halogens is 1. The topological polar surface area (TPSA) is 12.5 Å². The Morgan fingerprint density at radius 3 is 2.80 bits per heavy atom. The van der Waals surface area contributed by atoms with Gasteiger partial charge in [-0.1, -0.05) is 12.8 Å². The van der Waals surface area contributed by atoms with Crippen molar-refractivity contribution in [3.05, 3.63) is 0 Å². The fraction of sp³-hybridized carbons (Fsp3) is 1.00. The van der Waals surface area contributed by atoms with Gasteiger partial charge in [-0.3, -0.25) is 0 Å². The molecule has 2 fully saturated rings. The maximum atomic E-state index is 6.04. The Balaban J connectivity index is 1.85. The highest BCUT2D eigenvalue weighted by Gasteiger charge is 2.40. The molecule has 58 valence electrons. The van der Waals surface area contributed by atoms with Crippen molar-refractivity contribution in [2.75, 3.05) is 0 Å². The normalized spacial score (nSPS) is 47.1. The van der Waals surface area contributed by atoms with Crippen LogP contribution in [0.5, 0.6) is 0 Å². The van der Waals surface area contributed by atoms with E-state index in [9.17, 15) is 0 Å². The van der Waals surface area contributed by atoms with E-state index in [1.54, 1.807) is 0 Å². The van der Waals surface area contributed by atoms with E-state index in [4.69, 9.17) is 16.3 Å². The van der Waals surface area contributed by atoms with Crippen LogP contribution >= 0.6 is 11.6 Å². The molecular weight excluding hydrogens is 148 g/mol. The summed E-state index contributed by atoms with van der Waals surface area (Å²) in [6, 6.07) is 0. The SMILES string of the molecule is ClC1CCCCC2OC2C1. The lowest BCUT2D eigenvalue weighted by Crippen LogP contribution is -2.08. The highest BCUT2D eigenvalue weighted by Crippen LogP contribution is 2.35. The van der Waals surface area contributed by atoms with Crippen LogP contribution in [0.2, 0.25) is 0 Å². The Bertz CT molecular complexity index is 126. The van der Waals surface area contributed by atoms with Crippen molar-refractivity contribution in [2.24, 2.45) is 0 Å². The van der Waals surface area contributed by atoms with Gasteiger partial charge in [0.25, 0.3) is 0 Å². The van der Waals surface area contributed by atoms with Crippen LogP contribution in [-0.2, 0) is 4.74 Å². The predicted octanol–water partition coefficient (Wildman–Crippen LogP) is 2.33. The monoisotopic (exact) mass is 160 g/mol.